The Balaban J connectivity index is 2.07. The predicted molar refractivity (Wildman–Crippen MR) is 97.7 cm³/mol. The number of hydrogen-bond donors (Lipinski definition) is 1. The normalized spacial score (nSPS) is 26.5. The van der Waals surface area contributed by atoms with Gasteiger partial charge in [-0.15, -0.1) is 0 Å². The van der Waals surface area contributed by atoms with Crippen molar-refractivity contribution < 1.29 is 40.7 Å². The largest absolute Gasteiger partial charge is 0.416 e. The number of anilines is 1. The van der Waals surface area contributed by atoms with Crippen LogP contribution in [-0.4, -0.2) is 31.2 Å². The topological polar surface area (TPSA) is 58.6 Å². The van der Waals surface area contributed by atoms with Gasteiger partial charge in [-0.2, -0.15) is 26.3 Å². The van der Waals surface area contributed by atoms with Crippen molar-refractivity contribution in [1.29, 1.82) is 0 Å². The average molecular weight is 450 g/mol. The Kier molecular flexibility index (Phi) is 5.96. The van der Waals surface area contributed by atoms with Crippen LogP contribution in [0.4, 0.5) is 32.0 Å². The van der Waals surface area contributed by atoms with E-state index in [1.807, 2.05) is 6.92 Å². The molecular formula is C20H20F6N2O3. The molecule has 2 saturated heterocycles. The Labute approximate surface area is 174 Å². The lowest BCUT2D eigenvalue weighted by atomic mass is 9.88. The number of carbonyl (C=O) groups is 2. The van der Waals surface area contributed by atoms with E-state index < -0.39 is 65.1 Å². The van der Waals surface area contributed by atoms with E-state index in [1.165, 1.54) is 7.05 Å². The van der Waals surface area contributed by atoms with Crippen molar-refractivity contribution in [1.82, 2.24) is 5.32 Å². The third-order valence-corrected chi connectivity index (χ3v) is 5.55. The molecule has 0 aliphatic carbocycles. The van der Waals surface area contributed by atoms with Gasteiger partial charge < -0.3 is 4.74 Å². The molecule has 2 fully saturated rings. The minimum Gasteiger partial charge on any atom is -0.358 e. The molecule has 0 radical (unpaired) electrons. The average Bonchev–Trinajstić information content (AvgIpc) is 3.16. The smallest absolute Gasteiger partial charge is 0.358 e. The van der Waals surface area contributed by atoms with E-state index in [0.29, 0.717) is 23.5 Å². The highest BCUT2D eigenvalue weighted by molar-refractivity contribution is 6.22. The minimum atomic E-state index is -5.10. The van der Waals surface area contributed by atoms with Crippen LogP contribution in [0.5, 0.6) is 0 Å². The maximum Gasteiger partial charge on any atom is 0.416 e. The van der Waals surface area contributed by atoms with E-state index in [0.717, 1.165) is 5.57 Å². The van der Waals surface area contributed by atoms with E-state index in [4.69, 9.17) is 4.74 Å². The Morgan fingerprint density at radius 2 is 1.55 bits per heavy atom. The number of nitrogens with one attached hydrogen (secondary N) is 1. The molecule has 0 saturated carbocycles. The third-order valence-electron chi connectivity index (χ3n) is 5.55. The van der Waals surface area contributed by atoms with Crippen molar-refractivity contribution >= 4 is 17.5 Å². The Morgan fingerprint density at radius 3 is 2.00 bits per heavy atom. The molecule has 3 rings (SSSR count). The molecule has 4 atom stereocenters. The fraction of sp³-hybridized carbons (Fsp3) is 0.500. The van der Waals surface area contributed by atoms with Crippen LogP contribution in [0.2, 0.25) is 0 Å². The molecule has 31 heavy (non-hydrogen) atoms. The molecule has 2 aliphatic rings. The summed E-state index contributed by atoms with van der Waals surface area (Å²) in [5, 5.41) is 2.74. The van der Waals surface area contributed by atoms with Gasteiger partial charge in [-0.3, -0.25) is 14.9 Å². The van der Waals surface area contributed by atoms with Crippen molar-refractivity contribution in [2.45, 2.75) is 44.4 Å². The second kappa shape index (κ2) is 7.94. The molecule has 11 heteroatoms. The summed E-state index contributed by atoms with van der Waals surface area (Å²) < 4.78 is 85.0. The number of alkyl halides is 6. The summed E-state index contributed by atoms with van der Waals surface area (Å²) in [6, 6.07) is 0.700. The number of rotatable bonds is 5. The molecule has 0 spiro atoms. The van der Waals surface area contributed by atoms with Crippen molar-refractivity contribution in [2.75, 3.05) is 11.9 Å². The van der Waals surface area contributed by atoms with Gasteiger partial charge in [0.15, 0.2) is 0 Å². The SMILES string of the molecule is C=C(CC)CC1OC(NC)C2C(=O)N(c3cc(C(F)(F)F)cc(C(F)(F)F)c3)C(=O)C12. The summed E-state index contributed by atoms with van der Waals surface area (Å²) in [5.74, 6) is -3.92. The molecule has 4 unspecified atom stereocenters. The number of hydrogen-bond acceptors (Lipinski definition) is 4. The summed E-state index contributed by atoms with van der Waals surface area (Å²) in [5.41, 5.74) is -3.24. The van der Waals surface area contributed by atoms with Gasteiger partial charge in [0, 0.05) is 0 Å². The molecular weight excluding hydrogens is 430 g/mol. The van der Waals surface area contributed by atoms with Crippen LogP contribution in [0, 0.1) is 11.8 Å². The van der Waals surface area contributed by atoms with Gasteiger partial charge in [-0.25, -0.2) is 4.90 Å². The molecule has 2 heterocycles. The molecule has 0 aromatic heterocycles. The number of nitrogens with zero attached hydrogens (tertiary/aromatic N) is 1. The van der Waals surface area contributed by atoms with E-state index in [1.54, 1.807) is 0 Å². The van der Waals surface area contributed by atoms with Gasteiger partial charge in [0.1, 0.15) is 6.23 Å². The van der Waals surface area contributed by atoms with Crippen molar-refractivity contribution in [3.05, 3.63) is 41.5 Å². The Bertz CT molecular complexity index is 879. The first-order valence-electron chi connectivity index (χ1n) is 9.46. The van der Waals surface area contributed by atoms with Gasteiger partial charge in [-0.05, 0) is 38.1 Å². The van der Waals surface area contributed by atoms with E-state index >= 15 is 0 Å². The maximum atomic E-state index is 13.2. The summed E-state index contributed by atoms with van der Waals surface area (Å²) >= 11 is 0. The lowest BCUT2D eigenvalue weighted by molar-refractivity contribution is -0.143. The second-order valence-corrected chi connectivity index (χ2v) is 7.52. The molecule has 5 nitrogen and oxygen atoms in total. The van der Waals surface area contributed by atoms with Crippen molar-refractivity contribution in [3.8, 4) is 0 Å². The first-order valence-corrected chi connectivity index (χ1v) is 9.46. The van der Waals surface area contributed by atoms with Gasteiger partial charge in [0.2, 0.25) is 11.8 Å². The van der Waals surface area contributed by atoms with Crippen LogP contribution in [0.15, 0.2) is 30.4 Å². The summed E-state index contributed by atoms with van der Waals surface area (Å²) in [7, 11) is 1.48. The Hall–Kier alpha value is -2.40. The quantitative estimate of drug-likeness (QED) is 0.417. The monoisotopic (exact) mass is 450 g/mol. The standard InChI is InChI=1S/C20H20F6N2O3/c1-4-9(2)5-13-14-15(16(27-3)31-13)18(30)28(17(14)29)12-7-10(19(21,22)23)6-11(8-12)20(24,25)26/h6-8,13-16,27H,2,4-5H2,1,3H3. The maximum absolute atomic E-state index is 13.2. The molecule has 170 valence electrons. The van der Waals surface area contributed by atoms with Crippen LogP contribution >= 0.6 is 0 Å². The van der Waals surface area contributed by atoms with Crippen LogP contribution in [-0.2, 0) is 26.7 Å². The molecule has 1 aromatic rings. The van der Waals surface area contributed by atoms with E-state index in [-0.39, 0.29) is 12.5 Å². The highest BCUT2D eigenvalue weighted by Crippen LogP contribution is 2.45. The minimum absolute atomic E-state index is 0.0527. The molecule has 2 amide bonds. The third kappa shape index (κ3) is 4.20. The second-order valence-electron chi connectivity index (χ2n) is 7.52. The molecule has 1 N–H and O–H groups in total. The lowest BCUT2D eigenvalue weighted by Gasteiger charge is -2.23. The van der Waals surface area contributed by atoms with Gasteiger partial charge in [0.05, 0.1) is 34.8 Å². The first kappa shape index (κ1) is 23.3. The number of benzene rings is 1. The fourth-order valence-electron chi connectivity index (χ4n) is 3.95. The lowest BCUT2D eigenvalue weighted by Crippen LogP contribution is -2.40. The van der Waals surface area contributed by atoms with Crippen LogP contribution in [0.1, 0.15) is 30.9 Å². The van der Waals surface area contributed by atoms with Crippen LogP contribution < -0.4 is 10.2 Å². The number of ether oxygens (including phenoxy) is 1. The number of amides is 2. The van der Waals surface area contributed by atoms with E-state index in [2.05, 4.69) is 11.9 Å². The van der Waals surface area contributed by atoms with Gasteiger partial charge >= 0.3 is 12.4 Å². The van der Waals surface area contributed by atoms with Gasteiger partial charge in [0.25, 0.3) is 0 Å². The highest BCUT2D eigenvalue weighted by atomic mass is 19.4. The molecule has 0 bridgehead atoms. The summed E-state index contributed by atoms with van der Waals surface area (Å²) in [6.45, 7) is 5.67. The summed E-state index contributed by atoms with van der Waals surface area (Å²) in [4.78, 5) is 26.5. The van der Waals surface area contributed by atoms with Crippen LogP contribution in [0.25, 0.3) is 0 Å². The predicted octanol–water partition coefficient (Wildman–Crippen LogP) is 4.13. The first-order chi connectivity index (χ1) is 14.3. The van der Waals surface area contributed by atoms with E-state index in [9.17, 15) is 35.9 Å². The van der Waals surface area contributed by atoms with Crippen LogP contribution in [0.3, 0.4) is 0 Å². The number of carbonyl (C=O) groups excluding carboxylic acids is 2. The zero-order chi connectivity index (χ0) is 23.3. The highest BCUT2D eigenvalue weighted by Gasteiger charge is 2.60. The number of halogens is 6. The Morgan fingerprint density at radius 1 is 1.03 bits per heavy atom. The van der Waals surface area contributed by atoms with Crippen molar-refractivity contribution in [3.63, 3.8) is 0 Å². The number of imide groups is 1. The zero-order valence-electron chi connectivity index (χ0n) is 16.6. The number of fused-ring (bicyclic) bond motifs is 1. The summed E-state index contributed by atoms with van der Waals surface area (Å²) in [6.07, 6.45) is -11.1. The molecule has 1 aromatic carbocycles. The fourth-order valence-corrected chi connectivity index (χ4v) is 3.95. The molecule has 2 aliphatic heterocycles. The van der Waals surface area contributed by atoms with Gasteiger partial charge in [-0.1, -0.05) is 19.1 Å². The zero-order valence-corrected chi connectivity index (χ0v) is 16.6. The van der Waals surface area contributed by atoms with Crippen molar-refractivity contribution in [2.24, 2.45) is 11.8 Å².